The van der Waals surface area contributed by atoms with Crippen LogP contribution in [0.15, 0.2) is 200 Å². The van der Waals surface area contributed by atoms with Crippen LogP contribution in [0.1, 0.15) is 0 Å². The lowest BCUT2D eigenvalue weighted by Gasteiger charge is -2.26. The first-order valence-electron chi connectivity index (χ1n) is 17.5. The molecule has 0 amide bonds. The third kappa shape index (κ3) is 4.74. The zero-order valence-electron chi connectivity index (χ0n) is 27.9. The predicted molar refractivity (Wildman–Crippen MR) is 215 cm³/mol. The molecule has 0 saturated heterocycles. The van der Waals surface area contributed by atoms with E-state index in [0.717, 1.165) is 34.0 Å². The normalized spacial score (nSPS) is 11.5. The van der Waals surface area contributed by atoms with Gasteiger partial charge in [0.25, 0.3) is 0 Å². The summed E-state index contributed by atoms with van der Waals surface area (Å²) in [6.45, 7) is 0. The van der Waals surface area contributed by atoms with Crippen molar-refractivity contribution in [1.82, 2.24) is 9.13 Å². The highest BCUT2D eigenvalue weighted by Crippen LogP contribution is 2.43. The molecule has 0 aliphatic carbocycles. The van der Waals surface area contributed by atoms with Gasteiger partial charge in [-0.25, -0.2) is 0 Å². The van der Waals surface area contributed by atoms with Gasteiger partial charge in [0.05, 0.1) is 22.1 Å². The molecule has 0 aliphatic heterocycles. The molecule has 10 aromatic rings. The van der Waals surface area contributed by atoms with Crippen molar-refractivity contribution >= 4 is 60.7 Å². The van der Waals surface area contributed by atoms with Crippen LogP contribution in [0.2, 0.25) is 0 Å². The summed E-state index contributed by atoms with van der Waals surface area (Å²) >= 11 is 0. The van der Waals surface area contributed by atoms with Crippen molar-refractivity contribution in [3.63, 3.8) is 0 Å². The number of nitrogens with zero attached hydrogens (tertiary/aromatic N) is 3. The number of para-hydroxylation sites is 4. The van der Waals surface area contributed by atoms with Crippen molar-refractivity contribution < 1.29 is 0 Å². The van der Waals surface area contributed by atoms with E-state index in [2.05, 4.69) is 214 Å². The standard InChI is InChI=1S/C48H33N3/c1-5-16-34(17-6-1)40-25-15-27-45-48(40)43-31-29-39(33-47(43)51(45)37-22-11-4-12-23-37)49(35-18-7-2-8-19-35)38-28-30-42-41-24-13-14-26-44(41)50(46(42)32-38)36-20-9-3-10-21-36/h1-33H. The van der Waals surface area contributed by atoms with Crippen LogP contribution in [0.3, 0.4) is 0 Å². The minimum atomic E-state index is 1.09. The molecule has 2 aromatic heterocycles. The van der Waals surface area contributed by atoms with Crippen LogP contribution in [0.25, 0.3) is 66.1 Å². The summed E-state index contributed by atoms with van der Waals surface area (Å²) < 4.78 is 4.80. The van der Waals surface area contributed by atoms with Crippen LogP contribution >= 0.6 is 0 Å². The summed E-state index contributed by atoms with van der Waals surface area (Å²) in [4.78, 5) is 2.39. The Labute approximate surface area is 296 Å². The van der Waals surface area contributed by atoms with Gasteiger partial charge in [0.15, 0.2) is 0 Å². The Morgan fingerprint density at radius 1 is 0.314 bits per heavy atom. The van der Waals surface area contributed by atoms with Gasteiger partial charge in [0.2, 0.25) is 0 Å². The molecule has 10 rings (SSSR count). The summed E-state index contributed by atoms with van der Waals surface area (Å²) in [5.41, 5.74) is 12.8. The van der Waals surface area contributed by atoms with Crippen LogP contribution < -0.4 is 4.90 Å². The first kappa shape index (κ1) is 29.1. The smallest absolute Gasteiger partial charge is 0.0562 e. The second kappa shape index (κ2) is 11.9. The van der Waals surface area contributed by atoms with Crippen LogP contribution in [-0.4, -0.2) is 9.13 Å². The highest BCUT2D eigenvalue weighted by molar-refractivity contribution is 6.16. The molecule has 3 heteroatoms. The minimum Gasteiger partial charge on any atom is -0.310 e. The molecular formula is C48H33N3. The predicted octanol–water partition coefficient (Wildman–Crippen LogP) is 13.0. The first-order valence-corrected chi connectivity index (χ1v) is 17.5. The van der Waals surface area contributed by atoms with Crippen molar-refractivity contribution in [2.45, 2.75) is 0 Å². The highest BCUT2D eigenvalue weighted by atomic mass is 15.1. The molecule has 240 valence electrons. The van der Waals surface area contributed by atoms with E-state index in [1.54, 1.807) is 0 Å². The minimum absolute atomic E-state index is 1.09. The first-order chi connectivity index (χ1) is 25.3. The number of fused-ring (bicyclic) bond motifs is 6. The third-order valence-corrected chi connectivity index (χ3v) is 10.1. The lowest BCUT2D eigenvalue weighted by Crippen LogP contribution is -2.10. The van der Waals surface area contributed by atoms with E-state index in [1.807, 2.05) is 0 Å². The van der Waals surface area contributed by atoms with Gasteiger partial charge in [-0.2, -0.15) is 0 Å². The molecule has 0 radical (unpaired) electrons. The fourth-order valence-corrected chi connectivity index (χ4v) is 7.89. The van der Waals surface area contributed by atoms with Gasteiger partial charge in [-0.05, 0) is 83.9 Å². The Bertz CT molecular complexity index is 2830. The maximum atomic E-state index is 2.42. The van der Waals surface area contributed by atoms with Gasteiger partial charge < -0.3 is 14.0 Å². The Kier molecular flexibility index (Phi) is 6.81. The number of aromatic nitrogens is 2. The second-order valence-corrected chi connectivity index (χ2v) is 13.0. The van der Waals surface area contributed by atoms with E-state index in [0.29, 0.717) is 0 Å². The molecule has 0 aliphatic rings. The second-order valence-electron chi connectivity index (χ2n) is 13.0. The number of rotatable bonds is 6. The molecule has 0 fully saturated rings. The molecule has 2 heterocycles. The Hall–Kier alpha value is -6.84. The molecule has 3 nitrogen and oxygen atoms in total. The summed E-state index contributed by atoms with van der Waals surface area (Å²) in [6.07, 6.45) is 0. The fraction of sp³-hybridized carbons (Fsp3) is 0. The van der Waals surface area contributed by atoms with Crippen LogP contribution in [0, 0.1) is 0 Å². The fourth-order valence-electron chi connectivity index (χ4n) is 7.89. The molecule has 51 heavy (non-hydrogen) atoms. The summed E-state index contributed by atoms with van der Waals surface area (Å²) in [6, 6.07) is 72.1. The van der Waals surface area contributed by atoms with Gasteiger partial charge in [-0.1, -0.05) is 127 Å². The molecule has 0 unspecified atom stereocenters. The Morgan fingerprint density at radius 3 is 1.47 bits per heavy atom. The summed E-state index contributed by atoms with van der Waals surface area (Å²) in [5.74, 6) is 0. The SMILES string of the molecule is c1ccc(-c2cccc3c2c2ccc(N(c4ccccc4)c4ccc5c6ccccc6n(-c6ccccc6)c5c4)cc2n3-c2ccccc2)cc1. The Balaban J connectivity index is 1.25. The molecule has 8 aromatic carbocycles. The van der Waals surface area contributed by atoms with Gasteiger partial charge in [-0.3, -0.25) is 0 Å². The number of hydrogen-bond donors (Lipinski definition) is 0. The zero-order chi connectivity index (χ0) is 33.7. The van der Waals surface area contributed by atoms with Crippen molar-refractivity contribution in [2.24, 2.45) is 0 Å². The molecule has 0 saturated carbocycles. The van der Waals surface area contributed by atoms with E-state index in [-0.39, 0.29) is 0 Å². The quantitative estimate of drug-likeness (QED) is 0.174. The highest BCUT2D eigenvalue weighted by Gasteiger charge is 2.21. The number of anilines is 3. The zero-order valence-corrected chi connectivity index (χ0v) is 27.9. The van der Waals surface area contributed by atoms with E-state index < -0.39 is 0 Å². The van der Waals surface area contributed by atoms with Gasteiger partial charge in [0, 0.05) is 50.0 Å². The lowest BCUT2D eigenvalue weighted by atomic mass is 9.99. The van der Waals surface area contributed by atoms with Crippen molar-refractivity contribution in [3.05, 3.63) is 200 Å². The van der Waals surface area contributed by atoms with E-state index in [4.69, 9.17) is 0 Å². The molecule has 0 bridgehead atoms. The summed E-state index contributed by atoms with van der Waals surface area (Å²) in [5, 5.41) is 4.97. The van der Waals surface area contributed by atoms with Gasteiger partial charge in [0.1, 0.15) is 0 Å². The summed E-state index contributed by atoms with van der Waals surface area (Å²) in [7, 11) is 0. The van der Waals surface area contributed by atoms with Gasteiger partial charge in [-0.15, -0.1) is 0 Å². The van der Waals surface area contributed by atoms with E-state index >= 15 is 0 Å². The van der Waals surface area contributed by atoms with Crippen molar-refractivity contribution in [2.75, 3.05) is 4.90 Å². The molecular weight excluding hydrogens is 619 g/mol. The molecule has 0 spiro atoms. The van der Waals surface area contributed by atoms with Crippen LogP contribution in [0.5, 0.6) is 0 Å². The molecule has 0 N–H and O–H groups in total. The topological polar surface area (TPSA) is 13.1 Å². The lowest BCUT2D eigenvalue weighted by molar-refractivity contribution is 1.17. The van der Waals surface area contributed by atoms with Crippen LogP contribution in [-0.2, 0) is 0 Å². The van der Waals surface area contributed by atoms with Crippen LogP contribution in [0.4, 0.5) is 17.1 Å². The largest absolute Gasteiger partial charge is 0.310 e. The third-order valence-electron chi connectivity index (χ3n) is 10.1. The van der Waals surface area contributed by atoms with Crippen molar-refractivity contribution in [3.8, 4) is 22.5 Å². The monoisotopic (exact) mass is 651 g/mol. The average molecular weight is 652 g/mol. The number of benzene rings is 8. The van der Waals surface area contributed by atoms with Crippen molar-refractivity contribution in [1.29, 1.82) is 0 Å². The number of hydrogen-bond acceptors (Lipinski definition) is 1. The maximum Gasteiger partial charge on any atom is 0.0562 e. The molecule has 0 atom stereocenters. The average Bonchev–Trinajstić information content (AvgIpc) is 3.72. The Morgan fingerprint density at radius 2 is 0.804 bits per heavy atom. The van der Waals surface area contributed by atoms with Gasteiger partial charge >= 0.3 is 0 Å². The van der Waals surface area contributed by atoms with E-state index in [9.17, 15) is 0 Å². The maximum absolute atomic E-state index is 2.42. The van der Waals surface area contributed by atoms with E-state index in [1.165, 1.54) is 49.2 Å².